The van der Waals surface area contributed by atoms with Gasteiger partial charge in [-0.15, -0.1) is 0 Å². The number of aryl methyl sites for hydroxylation is 1. The summed E-state index contributed by atoms with van der Waals surface area (Å²) >= 11 is 0. The van der Waals surface area contributed by atoms with E-state index in [1.807, 2.05) is 0 Å². The van der Waals surface area contributed by atoms with Gasteiger partial charge < -0.3 is 33.2 Å². The van der Waals surface area contributed by atoms with Gasteiger partial charge in [-0.3, -0.25) is 19.3 Å². The SMILES string of the molecule is CC1(C)C(/C=C/C2=C(Oc3ccc(CCC(=O)NCCN4C(=O)C=CC4=O)cc3)C(=C/C=C3/N(CCS(=O)(=O)[O-])c4ccc(S(=O)(=O)[O-])cc4C3(C)C)/CC(C(C)(C)C)C2)=[N+](CCS(=O)(=O)[O-])c2ccc(S(=O)(=O)[O-])cc21. The standard InChI is InChI=1S/C53H62N4O16S4/c1-51(2,3)37-30-35(11-19-45-52(4,5)41-32-39(76(67,68)69)15-17-43(41)55(45)26-28-74(61,62)63)50(73-38-13-8-34(9-14-38)10-21-47(58)54-24-25-57-48(59)22-23-49(57)60)36(31-37)12-20-46-53(6,7)42-33-40(77(70,71)72)16-18-44(42)56(46)27-29-75(64,65)66/h8-9,11-20,22-23,32-33,37H,10,21,24-31H2,1-7H3,(H4-,54,58,61,62,63,64,65,66,67,68,69,70,71,72)/p-3. The number of nitrogens with zero attached hydrogens (tertiary/aromatic N) is 3. The molecule has 0 fully saturated rings. The van der Waals surface area contributed by atoms with Crippen molar-refractivity contribution in [3.63, 3.8) is 0 Å². The summed E-state index contributed by atoms with van der Waals surface area (Å²) in [5.74, 6) is -2.16. The molecule has 24 heteroatoms. The lowest BCUT2D eigenvalue weighted by molar-refractivity contribution is -0.432. The summed E-state index contributed by atoms with van der Waals surface area (Å²) in [5.41, 5.74) is 2.07. The van der Waals surface area contributed by atoms with E-state index in [0.29, 0.717) is 75.8 Å². The zero-order chi connectivity index (χ0) is 56.8. The van der Waals surface area contributed by atoms with Gasteiger partial charge in [-0.25, -0.2) is 33.7 Å². The molecule has 4 aliphatic rings. The summed E-state index contributed by atoms with van der Waals surface area (Å²) in [5, 5.41) is 2.72. The molecule has 3 aromatic rings. The van der Waals surface area contributed by atoms with Crippen molar-refractivity contribution in [1.82, 2.24) is 10.2 Å². The molecule has 414 valence electrons. The zero-order valence-corrected chi connectivity index (χ0v) is 46.7. The number of carbonyl (C=O) groups is 3. The van der Waals surface area contributed by atoms with Gasteiger partial charge in [0, 0.05) is 72.7 Å². The molecule has 0 radical (unpaired) electrons. The van der Waals surface area contributed by atoms with Crippen molar-refractivity contribution in [2.75, 3.05) is 42.6 Å². The molecule has 1 N–H and O–H groups in total. The maximum Gasteiger partial charge on any atom is 0.253 e. The van der Waals surface area contributed by atoms with Gasteiger partial charge >= 0.3 is 0 Å². The Labute approximate surface area is 449 Å². The summed E-state index contributed by atoms with van der Waals surface area (Å²) in [7, 11) is -19.3. The minimum atomic E-state index is -4.91. The van der Waals surface area contributed by atoms with Crippen LogP contribution in [0.3, 0.4) is 0 Å². The number of amides is 3. The lowest BCUT2D eigenvalue weighted by atomic mass is 9.70. The molecule has 3 aromatic carbocycles. The highest BCUT2D eigenvalue weighted by Crippen LogP contribution is 2.50. The largest absolute Gasteiger partial charge is 0.748 e. The Balaban J connectivity index is 1.33. The number of allylic oxidation sites excluding steroid dienone is 7. The highest BCUT2D eigenvalue weighted by molar-refractivity contribution is 7.86. The monoisotopic (exact) mass is 1140 g/mol. The first-order valence-corrected chi connectivity index (χ1v) is 30.4. The van der Waals surface area contributed by atoms with E-state index >= 15 is 0 Å². The predicted octanol–water partition coefficient (Wildman–Crippen LogP) is 4.89. The number of carbonyl (C=O) groups excluding carboxylic acids is 3. The van der Waals surface area contributed by atoms with Gasteiger partial charge in [0.05, 0.1) is 36.8 Å². The minimum Gasteiger partial charge on any atom is -0.748 e. The van der Waals surface area contributed by atoms with Gasteiger partial charge in [0.2, 0.25) is 11.6 Å². The summed E-state index contributed by atoms with van der Waals surface area (Å²) in [6.07, 6.45) is 10.6. The van der Waals surface area contributed by atoms with E-state index in [1.165, 1.54) is 24.3 Å². The van der Waals surface area contributed by atoms with Crippen molar-refractivity contribution in [3.8, 4) is 5.75 Å². The fourth-order valence-electron chi connectivity index (χ4n) is 10.0. The molecular formula is C53H59N4O16S4-3. The fourth-order valence-corrected chi connectivity index (χ4v) is 11.8. The molecule has 77 heavy (non-hydrogen) atoms. The maximum atomic E-state index is 12.8. The van der Waals surface area contributed by atoms with Crippen LogP contribution >= 0.6 is 0 Å². The van der Waals surface area contributed by atoms with Gasteiger partial charge in [-0.1, -0.05) is 52.8 Å². The first-order valence-electron chi connectivity index (χ1n) is 24.4. The molecule has 0 saturated carbocycles. The van der Waals surface area contributed by atoms with E-state index in [9.17, 15) is 66.3 Å². The topological polar surface area (TPSA) is 311 Å². The number of rotatable bonds is 19. The number of fused-ring (bicyclic) bond motifs is 2. The molecule has 7 rings (SSSR count). The second kappa shape index (κ2) is 21.6. The maximum absolute atomic E-state index is 12.8. The molecule has 1 aliphatic carbocycles. The molecule has 0 spiro atoms. The third-order valence-corrected chi connectivity index (χ3v) is 17.4. The number of imide groups is 1. The van der Waals surface area contributed by atoms with E-state index in [2.05, 4.69) is 26.1 Å². The summed E-state index contributed by atoms with van der Waals surface area (Å²) in [4.78, 5) is 38.2. The average Bonchev–Trinajstić information content (AvgIpc) is 3.84. The zero-order valence-electron chi connectivity index (χ0n) is 43.4. The number of nitrogens with one attached hydrogen (secondary N) is 1. The Bertz CT molecular complexity index is 3570. The van der Waals surface area contributed by atoms with E-state index in [4.69, 9.17) is 4.74 Å². The predicted molar refractivity (Wildman–Crippen MR) is 280 cm³/mol. The van der Waals surface area contributed by atoms with Crippen molar-refractivity contribution in [2.45, 2.75) is 94.8 Å². The highest BCUT2D eigenvalue weighted by atomic mass is 32.2. The van der Waals surface area contributed by atoms with Crippen LogP contribution in [0.1, 0.15) is 84.4 Å². The van der Waals surface area contributed by atoms with Gasteiger partial charge in [-0.05, 0) is 121 Å². The first kappa shape index (κ1) is 58.6. The van der Waals surface area contributed by atoms with Crippen molar-refractivity contribution < 1.29 is 75.6 Å². The Morgan fingerprint density at radius 1 is 0.740 bits per heavy atom. The smallest absolute Gasteiger partial charge is 0.253 e. The van der Waals surface area contributed by atoms with Crippen LogP contribution in [0.4, 0.5) is 11.4 Å². The number of hydrogen-bond donors (Lipinski definition) is 1. The number of hydrogen-bond acceptors (Lipinski definition) is 17. The molecule has 1 atom stereocenters. The molecular weight excluding hydrogens is 1080 g/mol. The van der Waals surface area contributed by atoms with Crippen LogP contribution in [0, 0.1) is 11.3 Å². The second-order valence-electron chi connectivity index (χ2n) is 21.4. The van der Waals surface area contributed by atoms with E-state index < -0.39 is 84.4 Å². The Kier molecular flexibility index (Phi) is 16.4. The van der Waals surface area contributed by atoms with Crippen molar-refractivity contribution in [1.29, 1.82) is 0 Å². The van der Waals surface area contributed by atoms with Crippen LogP contribution in [0.25, 0.3) is 0 Å². The van der Waals surface area contributed by atoms with Crippen molar-refractivity contribution >= 4 is 75.3 Å². The van der Waals surface area contributed by atoms with E-state index in [-0.39, 0.29) is 49.8 Å². The lowest BCUT2D eigenvalue weighted by Gasteiger charge is -2.36. The van der Waals surface area contributed by atoms with Crippen molar-refractivity contribution in [2.24, 2.45) is 11.3 Å². The second-order valence-corrected chi connectivity index (χ2v) is 27.2. The van der Waals surface area contributed by atoms with Gasteiger partial charge in [-0.2, -0.15) is 4.58 Å². The lowest BCUT2D eigenvalue weighted by Crippen LogP contribution is -2.38. The van der Waals surface area contributed by atoms with Crippen LogP contribution in [0.15, 0.2) is 130 Å². The Hall–Kier alpha value is -6.12. The van der Waals surface area contributed by atoms with Crippen molar-refractivity contribution in [3.05, 3.63) is 136 Å². The fraction of sp³-hybridized carbons (Fsp3) is 0.396. The highest BCUT2D eigenvalue weighted by Gasteiger charge is 2.46. The first-order chi connectivity index (χ1) is 35.5. The Morgan fingerprint density at radius 3 is 1.92 bits per heavy atom. The summed E-state index contributed by atoms with van der Waals surface area (Å²) in [6, 6.07) is 14.5. The normalized spacial score (nSPS) is 19.8. The quantitative estimate of drug-likeness (QED) is 0.0949. The third-order valence-electron chi connectivity index (χ3n) is 14.4. The Morgan fingerprint density at radius 2 is 1.34 bits per heavy atom. The molecule has 1 unspecified atom stereocenters. The van der Waals surface area contributed by atoms with Crippen LogP contribution in [-0.4, -0.2) is 122 Å². The number of ether oxygens (including phenoxy) is 1. The molecule has 3 heterocycles. The minimum absolute atomic E-state index is 0.0231. The average molecular weight is 1140 g/mol. The molecule has 0 bridgehead atoms. The van der Waals surface area contributed by atoms with Gasteiger partial charge in [0.1, 0.15) is 41.9 Å². The van der Waals surface area contributed by atoms with Gasteiger partial charge in [0.15, 0.2) is 12.3 Å². The molecule has 20 nitrogen and oxygen atoms in total. The third kappa shape index (κ3) is 13.6. The molecule has 3 aliphatic heterocycles. The van der Waals surface area contributed by atoms with Crippen LogP contribution in [0.2, 0.25) is 0 Å². The number of benzene rings is 3. The number of anilines is 1. The molecule has 3 amide bonds. The van der Waals surface area contributed by atoms with E-state index in [0.717, 1.165) is 34.7 Å². The van der Waals surface area contributed by atoms with Crippen LogP contribution < -0.4 is 15.0 Å². The summed E-state index contributed by atoms with van der Waals surface area (Å²) < 4.78 is 154. The van der Waals surface area contributed by atoms with E-state index in [1.54, 1.807) is 85.7 Å². The van der Waals surface area contributed by atoms with Crippen LogP contribution in [0.5, 0.6) is 5.75 Å². The van der Waals surface area contributed by atoms with Gasteiger partial charge in [0.25, 0.3) is 11.8 Å². The molecule has 0 aromatic heterocycles. The van der Waals surface area contributed by atoms with Crippen LogP contribution in [-0.2, 0) is 72.1 Å². The molecule has 0 saturated heterocycles. The summed E-state index contributed by atoms with van der Waals surface area (Å²) in [6.45, 7) is 12.7.